The lowest BCUT2D eigenvalue weighted by Crippen LogP contribution is -2.21. The van der Waals surface area contributed by atoms with E-state index in [2.05, 4.69) is 17.2 Å². The first-order valence-electron chi connectivity index (χ1n) is 8.16. The van der Waals surface area contributed by atoms with Gasteiger partial charge in [-0.05, 0) is 30.7 Å². The molecule has 1 aliphatic rings. The number of carbonyl (C=O) groups excluding carboxylic acids is 2. The summed E-state index contributed by atoms with van der Waals surface area (Å²) in [7, 11) is 0. The van der Waals surface area contributed by atoms with Crippen molar-refractivity contribution in [2.45, 2.75) is 44.3 Å². The summed E-state index contributed by atoms with van der Waals surface area (Å²) in [4.78, 5) is 27.1. The fraction of sp³-hybridized carbons (Fsp3) is 0.471. The number of hydrogen-bond donors (Lipinski definition) is 2. The molecule has 24 heavy (non-hydrogen) atoms. The third-order valence-corrected chi connectivity index (χ3v) is 4.52. The predicted octanol–water partition coefficient (Wildman–Crippen LogP) is 2.93. The van der Waals surface area contributed by atoms with Crippen LogP contribution in [0.4, 0.5) is 5.69 Å². The number of nitrogens with two attached hydrogens (primary N) is 1. The summed E-state index contributed by atoms with van der Waals surface area (Å²) in [5, 5.41) is 2.47. The van der Waals surface area contributed by atoms with Gasteiger partial charge in [0.05, 0.1) is 6.61 Å². The van der Waals surface area contributed by atoms with Gasteiger partial charge in [-0.1, -0.05) is 37.9 Å². The summed E-state index contributed by atoms with van der Waals surface area (Å²) in [5.41, 5.74) is 6.14. The van der Waals surface area contributed by atoms with E-state index in [9.17, 15) is 9.59 Å². The molecule has 130 valence electrons. The number of anilines is 1. The van der Waals surface area contributed by atoms with Gasteiger partial charge in [0.25, 0.3) is 5.91 Å². The molecule has 0 saturated heterocycles. The van der Waals surface area contributed by atoms with Crippen molar-refractivity contribution in [1.29, 1.82) is 0 Å². The molecule has 0 fully saturated rings. The summed E-state index contributed by atoms with van der Waals surface area (Å²) in [5.74, 6) is 0.200. The summed E-state index contributed by atoms with van der Waals surface area (Å²) in [6.45, 7) is 2.88. The fourth-order valence-corrected chi connectivity index (χ4v) is 3.09. The quantitative estimate of drug-likeness (QED) is 0.669. The lowest BCUT2D eigenvalue weighted by Gasteiger charge is -2.09. The van der Waals surface area contributed by atoms with Gasteiger partial charge in [0.2, 0.25) is 5.91 Å². The number of benzene rings is 1. The minimum Gasteiger partial charge on any atom is -0.494 e. The number of carbonyl (C=O) groups is 2. The van der Waals surface area contributed by atoms with Crippen LogP contribution in [0.25, 0.3) is 0 Å². The monoisotopic (exact) mass is 349 g/mol. The van der Waals surface area contributed by atoms with Gasteiger partial charge in [-0.3, -0.25) is 9.59 Å². The molecule has 6 nitrogen and oxygen atoms in total. The number of amides is 2. The van der Waals surface area contributed by atoms with Gasteiger partial charge in [0.1, 0.15) is 11.0 Å². The molecule has 1 atom stereocenters. The van der Waals surface area contributed by atoms with Crippen molar-refractivity contribution in [3.05, 3.63) is 24.3 Å². The van der Waals surface area contributed by atoms with Gasteiger partial charge >= 0.3 is 0 Å². The largest absolute Gasteiger partial charge is 0.494 e. The van der Waals surface area contributed by atoms with Crippen LogP contribution >= 0.6 is 11.8 Å². The minimum atomic E-state index is -0.518. The van der Waals surface area contributed by atoms with Gasteiger partial charge in [0, 0.05) is 12.1 Å². The van der Waals surface area contributed by atoms with Gasteiger partial charge in [0.15, 0.2) is 5.17 Å². The zero-order chi connectivity index (χ0) is 17.4. The van der Waals surface area contributed by atoms with Crippen molar-refractivity contribution in [3.63, 3.8) is 0 Å². The Morgan fingerprint density at radius 1 is 1.29 bits per heavy atom. The Labute approximate surface area is 146 Å². The first-order valence-corrected chi connectivity index (χ1v) is 9.04. The Morgan fingerprint density at radius 2 is 2.04 bits per heavy atom. The van der Waals surface area contributed by atoms with Crippen LogP contribution in [0.1, 0.15) is 39.0 Å². The third-order valence-electron chi connectivity index (χ3n) is 3.53. The molecule has 1 aliphatic heterocycles. The Kier molecular flexibility index (Phi) is 7.11. The van der Waals surface area contributed by atoms with E-state index in [0.717, 1.165) is 23.9 Å². The molecule has 0 spiro atoms. The molecule has 2 rings (SSSR count). The van der Waals surface area contributed by atoms with E-state index in [1.807, 2.05) is 12.1 Å². The second-order valence-electron chi connectivity index (χ2n) is 5.58. The summed E-state index contributed by atoms with van der Waals surface area (Å²) in [6, 6.07) is 7.22. The molecule has 0 radical (unpaired) electrons. The SMILES string of the molecule is CCCCCCOc1ccc(NC(=O)C[C@@H]2SC(N)=NC2=O)cc1. The van der Waals surface area contributed by atoms with Crippen molar-refractivity contribution in [1.82, 2.24) is 0 Å². The van der Waals surface area contributed by atoms with Gasteiger partial charge in [-0.15, -0.1) is 0 Å². The number of amidine groups is 1. The lowest BCUT2D eigenvalue weighted by molar-refractivity contribution is -0.121. The predicted molar refractivity (Wildman–Crippen MR) is 97.3 cm³/mol. The van der Waals surface area contributed by atoms with E-state index in [1.54, 1.807) is 12.1 Å². The third kappa shape index (κ3) is 5.88. The number of nitrogens with zero attached hydrogens (tertiary/aromatic N) is 1. The van der Waals surface area contributed by atoms with Gasteiger partial charge < -0.3 is 15.8 Å². The molecule has 0 bridgehead atoms. The molecule has 0 aromatic heterocycles. The molecule has 0 saturated carbocycles. The molecule has 2 amide bonds. The van der Waals surface area contributed by atoms with Crippen LogP contribution in [0, 0.1) is 0 Å². The fourth-order valence-electron chi connectivity index (χ4n) is 2.27. The summed E-state index contributed by atoms with van der Waals surface area (Å²) < 4.78 is 5.66. The average molecular weight is 349 g/mol. The summed E-state index contributed by atoms with van der Waals surface area (Å²) in [6.07, 6.45) is 4.72. The van der Waals surface area contributed by atoms with E-state index in [4.69, 9.17) is 10.5 Å². The van der Waals surface area contributed by atoms with Crippen molar-refractivity contribution in [3.8, 4) is 5.75 Å². The number of nitrogens with one attached hydrogen (secondary N) is 1. The van der Waals surface area contributed by atoms with E-state index in [0.29, 0.717) is 12.3 Å². The number of thioether (sulfide) groups is 1. The first kappa shape index (κ1) is 18.3. The van der Waals surface area contributed by atoms with E-state index < -0.39 is 5.25 Å². The Hall–Kier alpha value is -2.02. The maximum absolute atomic E-state index is 12.0. The molecule has 1 heterocycles. The Morgan fingerprint density at radius 3 is 2.67 bits per heavy atom. The van der Waals surface area contributed by atoms with Gasteiger partial charge in [-0.25, -0.2) is 0 Å². The van der Waals surface area contributed by atoms with Crippen molar-refractivity contribution in [2.75, 3.05) is 11.9 Å². The highest BCUT2D eigenvalue weighted by atomic mass is 32.2. The van der Waals surface area contributed by atoms with Crippen LogP contribution < -0.4 is 15.8 Å². The Bertz CT molecular complexity index is 602. The second kappa shape index (κ2) is 9.32. The first-order chi connectivity index (χ1) is 11.6. The van der Waals surface area contributed by atoms with Crippen LogP contribution in [-0.2, 0) is 9.59 Å². The standard InChI is InChI=1S/C17H23N3O3S/c1-2-3-4-5-10-23-13-8-6-12(7-9-13)19-15(21)11-14-16(22)20-17(18)24-14/h6-9,14H,2-5,10-11H2,1H3,(H,19,21)(H2,18,20,22)/t14-/m0/s1. The molecule has 7 heteroatoms. The van der Waals surface area contributed by atoms with Crippen molar-refractivity contribution < 1.29 is 14.3 Å². The van der Waals surface area contributed by atoms with Crippen LogP contribution in [-0.4, -0.2) is 28.8 Å². The molecule has 0 aliphatic carbocycles. The summed E-state index contributed by atoms with van der Waals surface area (Å²) >= 11 is 1.13. The number of rotatable bonds is 9. The highest BCUT2D eigenvalue weighted by Gasteiger charge is 2.29. The Balaban J connectivity index is 1.73. The maximum atomic E-state index is 12.0. The number of hydrogen-bond acceptors (Lipinski definition) is 5. The molecule has 0 unspecified atom stereocenters. The molecule has 1 aromatic carbocycles. The second-order valence-corrected chi connectivity index (χ2v) is 6.80. The highest BCUT2D eigenvalue weighted by Crippen LogP contribution is 2.23. The molecular formula is C17H23N3O3S. The lowest BCUT2D eigenvalue weighted by atomic mass is 10.2. The van der Waals surface area contributed by atoms with Crippen LogP contribution in [0.5, 0.6) is 5.75 Å². The maximum Gasteiger partial charge on any atom is 0.262 e. The van der Waals surface area contributed by atoms with E-state index in [-0.39, 0.29) is 23.4 Å². The highest BCUT2D eigenvalue weighted by molar-refractivity contribution is 8.15. The molecular weight excluding hydrogens is 326 g/mol. The van der Waals surface area contributed by atoms with Crippen LogP contribution in [0.3, 0.4) is 0 Å². The number of ether oxygens (including phenoxy) is 1. The van der Waals surface area contributed by atoms with E-state index in [1.165, 1.54) is 19.3 Å². The van der Waals surface area contributed by atoms with Gasteiger partial charge in [-0.2, -0.15) is 4.99 Å². The van der Waals surface area contributed by atoms with Crippen molar-refractivity contribution >= 4 is 34.4 Å². The van der Waals surface area contributed by atoms with Crippen LogP contribution in [0.2, 0.25) is 0 Å². The zero-order valence-electron chi connectivity index (χ0n) is 13.8. The van der Waals surface area contributed by atoms with E-state index >= 15 is 0 Å². The smallest absolute Gasteiger partial charge is 0.262 e. The molecule has 3 N–H and O–H groups in total. The zero-order valence-corrected chi connectivity index (χ0v) is 14.6. The normalized spacial score (nSPS) is 16.8. The average Bonchev–Trinajstić information content (AvgIpc) is 2.86. The van der Waals surface area contributed by atoms with Crippen LogP contribution in [0.15, 0.2) is 29.3 Å². The topological polar surface area (TPSA) is 93.8 Å². The number of unbranched alkanes of at least 4 members (excludes halogenated alkanes) is 3. The minimum absolute atomic E-state index is 0.0589. The number of aliphatic imine (C=N–C) groups is 1. The molecule has 1 aromatic rings. The van der Waals surface area contributed by atoms with Crippen molar-refractivity contribution in [2.24, 2.45) is 10.7 Å².